The summed E-state index contributed by atoms with van der Waals surface area (Å²) >= 11 is 0. The van der Waals surface area contributed by atoms with Crippen LogP contribution in [0.15, 0.2) is 6.58 Å². The van der Waals surface area contributed by atoms with E-state index in [0.29, 0.717) is 6.42 Å². The van der Waals surface area contributed by atoms with Crippen LogP contribution in [-0.2, 0) is 0 Å². The largest absolute Gasteiger partial charge is 0.390 e. The summed E-state index contributed by atoms with van der Waals surface area (Å²) in [6.45, 7) is 6.82. The molecular formula is C6H11O. The molecule has 1 radical (unpaired) electrons. The molecule has 0 aromatic carbocycles. The minimum atomic E-state index is -0.623. The van der Waals surface area contributed by atoms with Crippen molar-refractivity contribution in [1.82, 2.24) is 0 Å². The molecule has 0 amide bonds. The fraction of sp³-hybridized carbons (Fsp3) is 0.667. The van der Waals surface area contributed by atoms with E-state index in [0.717, 1.165) is 0 Å². The van der Waals surface area contributed by atoms with Crippen LogP contribution in [0.4, 0.5) is 0 Å². The maximum absolute atomic E-state index is 8.92. The van der Waals surface area contributed by atoms with Crippen molar-refractivity contribution >= 4 is 0 Å². The third-order valence-electron chi connectivity index (χ3n) is 0.558. The first-order valence-electron chi connectivity index (χ1n) is 2.28. The van der Waals surface area contributed by atoms with Crippen molar-refractivity contribution in [2.75, 3.05) is 0 Å². The minimum absolute atomic E-state index is 0.535. The van der Waals surface area contributed by atoms with Crippen LogP contribution < -0.4 is 0 Å². The Bertz CT molecular complexity index is 59.1. The first-order valence-corrected chi connectivity index (χ1v) is 2.28. The predicted molar refractivity (Wildman–Crippen MR) is 29.8 cm³/mol. The summed E-state index contributed by atoms with van der Waals surface area (Å²) in [5, 5.41) is 8.92. The highest BCUT2D eigenvalue weighted by Crippen LogP contribution is 2.04. The van der Waals surface area contributed by atoms with Crippen LogP contribution in [0.1, 0.15) is 20.3 Å². The normalized spacial score (nSPS) is 11.3. The molecule has 0 aliphatic rings. The average Bonchev–Trinajstić information content (AvgIpc) is 1.30. The van der Waals surface area contributed by atoms with Gasteiger partial charge in [0, 0.05) is 6.42 Å². The Hall–Kier alpha value is -0.300. The van der Waals surface area contributed by atoms with Crippen molar-refractivity contribution in [3.63, 3.8) is 0 Å². The summed E-state index contributed by atoms with van der Waals surface area (Å²) < 4.78 is 0. The van der Waals surface area contributed by atoms with Gasteiger partial charge in [0.15, 0.2) is 0 Å². The number of hydrogen-bond donors (Lipinski definition) is 1. The molecule has 0 aromatic heterocycles. The zero-order valence-corrected chi connectivity index (χ0v) is 4.86. The molecule has 0 aromatic rings. The molecule has 7 heavy (non-hydrogen) atoms. The highest BCUT2D eigenvalue weighted by Gasteiger charge is 2.07. The Kier molecular flexibility index (Phi) is 2.03. The van der Waals surface area contributed by atoms with Gasteiger partial charge in [-0.05, 0) is 19.9 Å². The molecule has 0 unspecified atom stereocenters. The molecule has 0 heterocycles. The quantitative estimate of drug-likeness (QED) is 0.550. The fourth-order valence-electron chi connectivity index (χ4n) is 0.306. The molecule has 0 aliphatic carbocycles. The van der Waals surface area contributed by atoms with Crippen molar-refractivity contribution in [3.8, 4) is 0 Å². The molecule has 0 rings (SSSR count). The average molecular weight is 99.2 g/mol. The Morgan fingerprint density at radius 2 is 2.14 bits per heavy atom. The van der Waals surface area contributed by atoms with E-state index in [1.54, 1.807) is 13.8 Å². The molecule has 0 fully saturated rings. The molecule has 0 saturated heterocycles. The smallest absolute Gasteiger partial charge is 0.0631 e. The van der Waals surface area contributed by atoms with Gasteiger partial charge in [-0.2, -0.15) is 0 Å². The molecule has 41 valence electrons. The summed E-state index contributed by atoms with van der Waals surface area (Å²) in [6.07, 6.45) is 3.14. The molecule has 1 nitrogen and oxygen atoms in total. The monoisotopic (exact) mass is 99.1 g/mol. The van der Waals surface area contributed by atoms with E-state index in [1.807, 2.05) is 0 Å². The van der Waals surface area contributed by atoms with E-state index in [-0.39, 0.29) is 0 Å². The van der Waals surface area contributed by atoms with E-state index in [2.05, 4.69) is 12.7 Å². The number of rotatable bonds is 2. The molecule has 1 N–H and O–H groups in total. The van der Waals surface area contributed by atoms with Crippen molar-refractivity contribution in [1.29, 1.82) is 0 Å². The predicted octanol–water partition coefficient (Wildman–Crippen LogP) is 1.14. The summed E-state index contributed by atoms with van der Waals surface area (Å²) in [5.74, 6) is 0. The lowest BCUT2D eigenvalue weighted by Crippen LogP contribution is -2.16. The molecule has 0 spiro atoms. The van der Waals surface area contributed by atoms with Gasteiger partial charge >= 0.3 is 0 Å². The Labute approximate surface area is 44.7 Å². The van der Waals surface area contributed by atoms with E-state index in [1.165, 1.54) is 0 Å². The maximum atomic E-state index is 8.92. The van der Waals surface area contributed by atoms with Gasteiger partial charge in [-0.15, -0.1) is 0 Å². The summed E-state index contributed by atoms with van der Waals surface area (Å²) in [4.78, 5) is 0. The van der Waals surface area contributed by atoms with Gasteiger partial charge < -0.3 is 5.11 Å². The van der Waals surface area contributed by atoms with Gasteiger partial charge in [0.2, 0.25) is 0 Å². The Morgan fingerprint density at radius 1 is 1.71 bits per heavy atom. The lowest BCUT2D eigenvalue weighted by Gasteiger charge is -2.11. The second kappa shape index (κ2) is 2.12. The lowest BCUT2D eigenvalue weighted by molar-refractivity contribution is 0.0822. The van der Waals surface area contributed by atoms with Crippen LogP contribution in [0.5, 0.6) is 0 Å². The summed E-state index contributed by atoms with van der Waals surface area (Å²) in [6, 6.07) is 0. The minimum Gasteiger partial charge on any atom is -0.390 e. The fourth-order valence-corrected chi connectivity index (χ4v) is 0.306. The molecular weight excluding hydrogens is 88.1 g/mol. The van der Waals surface area contributed by atoms with Gasteiger partial charge in [-0.1, -0.05) is 6.58 Å². The zero-order valence-electron chi connectivity index (χ0n) is 4.86. The van der Waals surface area contributed by atoms with Crippen LogP contribution in [0, 0.1) is 6.08 Å². The van der Waals surface area contributed by atoms with Gasteiger partial charge in [0.25, 0.3) is 0 Å². The van der Waals surface area contributed by atoms with E-state index < -0.39 is 5.60 Å². The second-order valence-corrected chi connectivity index (χ2v) is 2.24. The van der Waals surface area contributed by atoms with Gasteiger partial charge in [-0.3, -0.25) is 0 Å². The van der Waals surface area contributed by atoms with Crippen LogP contribution in [0.25, 0.3) is 0 Å². The first-order chi connectivity index (χ1) is 3.06. The van der Waals surface area contributed by atoms with Gasteiger partial charge in [-0.25, -0.2) is 0 Å². The maximum Gasteiger partial charge on any atom is 0.0631 e. The lowest BCUT2D eigenvalue weighted by atomic mass is 10.1. The molecule has 1 heteroatoms. The highest BCUT2D eigenvalue weighted by molar-refractivity contribution is 4.71. The van der Waals surface area contributed by atoms with E-state index in [9.17, 15) is 0 Å². The third kappa shape index (κ3) is 5.70. The van der Waals surface area contributed by atoms with Crippen molar-refractivity contribution in [2.24, 2.45) is 0 Å². The van der Waals surface area contributed by atoms with E-state index in [4.69, 9.17) is 5.11 Å². The third-order valence-corrected chi connectivity index (χ3v) is 0.558. The van der Waals surface area contributed by atoms with Gasteiger partial charge in [0.1, 0.15) is 0 Å². The first kappa shape index (κ1) is 6.70. The molecule has 0 aliphatic heterocycles. The SMILES string of the molecule is C=[C]CC(C)(C)O. The molecule has 0 atom stereocenters. The topological polar surface area (TPSA) is 20.2 Å². The Balaban J connectivity index is 3.34. The zero-order chi connectivity index (χ0) is 5.91. The van der Waals surface area contributed by atoms with Crippen molar-refractivity contribution in [3.05, 3.63) is 12.7 Å². The van der Waals surface area contributed by atoms with Gasteiger partial charge in [0.05, 0.1) is 5.60 Å². The number of hydrogen-bond acceptors (Lipinski definition) is 1. The van der Waals surface area contributed by atoms with Crippen LogP contribution >= 0.6 is 0 Å². The van der Waals surface area contributed by atoms with Crippen molar-refractivity contribution < 1.29 is 5.11 Å². The van der Waals surface area contributed by atoms with Crippen molar-refractivity contribution in [2.45, 2.75) is 25.9 Å². The van der Waals surface area contributed by atoms with Crippen LogP contribution in [0.2, 0.25) is 0 Å². The summed E-state index contributed by atoms with van der Waals surface area (Å²) in [5.41, 5.74) is -0.623. The summed E-state index contributed by atoms with van der Waals surface area (Å²) in [7, 11) is 0. The van der Waals surface area contributed by atoms with Crippen LogP contribution in [0.3, 0.4) is 0 Å². The standard InChI is InChI=1S/C6H11O/c1-4-5-6(2,3)7/h7H,1,5H2,2-3H3. The Morgan fingerprint density at radius 3 is 2.14 bits per heavy atom. The highest BCUT2D eigenvalue weighted by atomic mass is 16.3. The number of aliphatic hydroxyl groups is 1. The van der Waals surface area contributed by atoms with Crippen LogP contribution in [-0.4, -0.2) is 10.7 Å². The van der Waals surface area contributed by atoms with E-state index >= 15 is 0 Å². The molecule has 0 saturated carbocycles. The second-order valence-electron chi connectivity index (χ2n) is 2.24. The molecule has 0 bridgehead atoms.